The summed E-state index contributed by atoms with van der Waals surface area (Å²) in [6.45, 7) is 9.55. The number of furan rings is 2. The fourth-order valence-electron chi connectivity index (χ4n) is 12.4. The maximum absolute atomic E-state index is 6.99. The van der Waals surface area contributed by atoms with Crippen LogP contribution in [0.2, 0.25) is 19.6 Å². The van der Waals surface area contributed by atoms with Gasteiger partial charge in [0, 0.05) is 44.0 Å². The SMILES string of the molecule is Cc1ccccc1N(c1ccc2c(c1)C(c1ccccc1)(c1ccccc1)c1cc(N(c3ccccc3[Si](C)(C)C)c3cccc4c3oc3ccccc34)c3ccccc3c1-2)c1cccc2c1oc1ccccc12. The number of hydrogen-bond acceptors (Lipinski definition) is 4. The summed E-state index contributed by atoms with van der Waals surface area (Å²) in [5.41, 5.74) is 17.5. The van der Waals surface area contributed by atoms with Crippen LogP contribution in [0.1, 0.15) is 27.8 Å². The molecule has 2 aromatic heterocycles. The van der Waals surface area contributed by atoms with Crippen LogP contribution < -0.4 is 15.0 Å². The molecule has 5 heteroatoms. The van der Waals surface area contributed by atoms with Crippen LogP contribution in [0.4, 0.5) is 34.1 Å². The first-order chi connectivity index (χ1) is 36.3. The highest BCUT2D eigenvalue weighted by Crippen LogP contribution is 2.61. The van der Waals surface area contributed by atoms with E-state index in [0.29, 0.717) is 0 Å². The zero-order chi connectivity index (χ0) is 49.7. The van der Waals surface area contributed by atoms with Crippen molar-refractivity contribution >= 4 is 102 Å². The Balaban J connectivity index is 1.11. The lowest BCUT2D eigenvalue weighted by Gasteiger charge is -2.36. The first-order valence-electron chi connectivity index (χ1n) is 25.7. The molecule has 14 rings (SSSR count). The molecule has 4 nitrogen and oxygen atoms in total. The quantitative estimate of drug-likeness (QED) is 0.135. The fraction of sp³-hybridized carbons (Fsp3) is 0.0725. The van der Waals surface area contributed by atoms with Gasteiger partial charge in [-0.1, -0.05) is 208 Å². The molecule has 0 saturated carbocycles. The lowest BCUT2D eigenvalue weighted by Crippen LogP contribution is -2.40. The highest BCUT2D eigenvalue weighted by Gasteiger charge is 2.48. The standard InChI is InChI=1S/C69H52N2O2Si/c1-45-23-11-16-34-58(45)70(60-36-21-32-53-50-29-14-18-38-63(50)72-67(53)60)48-41-42-55-56(43-48)69(46-24-7-5-8-25-46,47-26-9-6-10-27-47)57-44-62(49-28-12-13-31-52(49)66(55)57)71(59-35-17-20-40-65(59)74(2,3)4)61-37-22-33-54-51-30-15-19-39-64(51)73-68(54)61/h5-44H,1-4H3. The van der Waals surface area contributed by atoms with Gasteiger partial charge in [-0.05, 0) is 111 Å². The maximum Gasteiger partial charge on any atom is 0.159 e. The molecule has 0 saturated heterocycles. The minimum absolute atomic E-state index is 0.764. The second-order valence-electron chi connectivity index (χ2n) is 20.8. The van der Waals surface area contributed by atoms with Gasteiger partial charge in [0.1, 0.15) is 11.2 Å². The normalized spacial score (nSPS) is 13.0. The molecule has 1 aliphatic carbocycles. The van der Waals surface area contributed by atoms with E-state index in [1.165, 1.54) is 49.6 Å². The number of fused-ring (bicyclic) bond motifs is 11. The molecule has 0 bridgehead atoms. The monoisotopic (exact) mass is 968 g/mol. The predicted octanol–water partition coefficient (Wildman–Crippen LogP) is 18.8. The fourth-order valence-corrected chi connectivity index (χ4v) is 13.9. The zero-order valence-corrected chi connectivity index (χ0v) is 42.8. The first kappa shape index (κ1) is 43.8. The number of aryl methyl sites for hydroxylation is 1. The summed E-state index contributed by atoms with van der Waals surface area (Å²) in [7, 11) is -1.97. The second-order valence-corrected chi connectivity index (χ2v) is 25.8. The summed E-state index contributed by atoms with van der Waals surface area (Å²) in [6.07, 6.45) is 0. The Labute approximate surface area is 432 Å². The van der Waals surface area contributed by atoms with Crippen molar-refractivity contribution in [1.29, 1.82) is 0 Å². The summed E-state index contributed by atoms with van der Waals surface area (Å²) in [5.74, 6) is 0. The summed E-state index contributed by atoms with van der Waals surface area (Å²) in [4.78, 5) is 4.95. The van der Waals surface area contributed by atoms with Gasteiger partial charge in [-0.15, -0.1) is 0 Å². The summed E-state index contributed by atoms with van der Waals surface area (Å²) in [5, 5.41) is 8.12. The Kier molecular flexibility index (Phi) is 9.98. The van der Waals surface area contributed by atoms with Crippen LogP contribution in [0.3, 0.4) is 0 Å². The van der Waals surface area contributed by atoms with Crippen LogP contribution in [-0.2, 0) is 5.41 Å². The van der Waals surface area contributed by atoms with Crippen molar-refractivity contribution in [3.63, 3.8) is 0 Å². The molecule has 0 N–H and O–H groups in total. The first-order valence-corrected chi connectivity index (χ1v) is 29.2. The molecular formula is C69H52N2O2Si. The predicted molar refractivity (Wildman–Crippen MR) is 313 cm³/mol. The molecule has 0 atom stereocenters. The van der Waals surface area contributed by atoms with Crippen LogP contribution in [0.5, 0.6) is 0 Å². The highest BCUT2D eigenvalue weighted by atomic mass is 28.3. The third-order valence-corrected chi connectivity index (χ3v) is 17.6. The minimum atomic E-state index is -1.97. The Bertz CT molecular complexity index is 4300. The lowest BCUT2D eigenvalue weighted by atomic mass is 9.67. The molecule has 0 radical (unpaired) electrons. The van der Waals surface area contributed by atoms with E-state index in [-0.39, 0.29) is 0 Å². The maximum atomic E-state index is 6.99. The Morgan fingerprint density at radius 1 is 0.365 bits per heavy atom. The number of para-hydroxylation sites is 6. The molecule has 1 aliphatic rings. The van der Waals surface area contributed by atoms with Crippen LogP contribution in [0.25, 0.3) is 65.8 Å². The number of nitrogens with zero attached hydrogens (tertiary/aromatic N) is 2. The van der Waals surface area contributed by atoms with Crippen molar-refractivity contribution in [1.82, 2.24) is 0 Å². The summed E-state index contributed by atoms with van der Waals surface area (Å²) >= 11 is 0. The molecule has 11 aromatic carbocycles. The molecule has 0 amide bonds. The van der Waals surface area contributed by atoms with E-state index in [1.807, 2.05) is 6.07 Å². The summed E-state index contributed by atoms with van der Waals surface area (Å²) in [6, 6.07) is 88.9. The van der Waals surface area contributed by atoms with Gasteiger partial charge in [0.05, 0.1) is 30.6 Å². The number of rotatable bonds is 9. The van der Waals surface area contributed by atoms with Crippen LogP contribution in [0.15, 0.2) is 251 Å². The minimum Gasteiger partial charge on any atom is -0.454 e. The van der Waals surface area contributed by atoms with E-state index in [9.17, 15) is 0 Å². The van der Waals surface area contributed by atoms with Crippen molar-refractivity contribution in [2.24, 2.45) is 0 Å². The van der Waals surface area contributed by atoms with Crippen LogP contribution >= 0.6 is 0 Å². The van der Waals surface area contributed by atoms with Crippen LogP contribution in [-0.4, -0.2) is 8.07 Å². The number of hydrogen-bond donors (Lipinski definition) is 0. The van der Waals surface area contributed by atoms with Gasteiger partial charge in [0.15, 0.2) is 11.2 Å². The van der Waals surface area contributed by atoms with E-state index < -0.39 is 13.5 Å². The largest absolute Gasteiger partial charge is 0.454 e. The Morgan fingerprint density at radius 2 is 0.851 bits per heavy atom. The highest BCUT2D eigenvalue weighted by molar-refractivity contribution is 6.89. The average molecular weight is 969 g/mol. The number of benzene rings is 11. The Hall–Kier alpha value is -8.90. The molecule has 0 aliphatic heterocycles. The van der Waals surface area contributed by atoms with Crippen molar-refractivity contribution in [3.05, 3.63) is 270 Å². The lowest BCUT2D eigenvalue weighted by molar-refractivity contribution is 0.668. The topological polar surface area (TPSA) is 32.8 Å². The number of anilines is 6. The molecule has 74 heavy (non-hydrogen) atoms. The molecule has 0 fully saturated rings. The van der Waals surface area contributed by atoms with Gasteiger partial charge in [-0.3, -0.25) is 0 Å². The second kappa shape index (κ2) is 16.8. The smallest absolute Gasteiger partial charge is 0.159 e. The van der Waals surface area contributed by atoms with Crippen molar-refractivity contribution in [2.75, 3.05) is 9.80 Å². The van der Waals surface area contributed by atoms with Crippen molar-refractivity contribution in [2.45, 2.75) is 32.0 Å². The summed E-state index contributed by atoms with van der Waals surface area (Å²) < 4.78 is 13.8. The molecule has 0 spiro atoms. The average Bonchev–Trinajstić information content (AvgIpc) is 4.26. The molecule has 0 unspecified atom stereocenters. The van der Waals surface area contributed by atoms with Gasteiger partial charge in [-0.25, -0.2) is 0 Å². The van der Waals surface area contributed by atoms with Crippen molar-refractivity contribution < 1.29 is 8.83 Å². The van der Waals surface area contributed by atoms with Gasteiger partial charge < -0.3 is 18.6 Å². The van der Waals surface area contributed by atoms with Crippen LogP contribution in [0, 0.1) is 6.92 Å². The third-order valence-electron chi connectivity index (χ3n) is 15.6. The molecular weight excluding hydrogens is 917 g/mol. The van der Waals surface area contributed by atoms with E-state index in [1.54, 1.807) is 0 Å². The zero-order valence-electron chi connectivity index (χ0n) is 41.8. The molecule has 13 aromatic rings. The van der Waals surface area contributed by atoms with Crippen molar-refractivity contribution in [3.8, 4) is 11.1 Å². The third kappa shape index (κ3) is 6.53. The van der Waals surface area contributed by atoms with Gasteiger partial charge in [0.2, 0.25) is 0 Å². The molecule has 354 valence electrons. The van der Waals surface area contributed by atoms with Gasteiger partial charge >= 0.3 is 0 Å². The van der Waals surface area contributed by atoms with E-state index >= 15 is 0 Å². The Morgan fingerprint density at radius 3 is 1.46 bits per heavy atom. The van der Waals surface area contributed by atoms with E-state index in [4.69, 9.17) is 8.83 Å². The van der Waals surface area contributed by atoms with Gasteiger partial charge in [-0.2, -0.15) is 0 Å². The van der Waals surface area contributed by atoms with E-state index in [0.717, 1.165) is 83.3 Å². The van der Waals surface area contributed by atoms with Gasteiger partial charge in [0.25, 0.3) is 0 Å². The molecule has 2 heterocycles. The van der Waals surface area contributed by atoms with E-state index in [2.05, 4.69) is 273 Å².